The molecule has 0 aromatic rings. The van der Waals surface area contributed by atoms with Crippen molar-refractivity contribution in [1.82, 2.24) is 0 Å². The Bertz CT molecular complexity index is 389. The molecule has 1 aliphatic rings. The minimum atomic E-state index is -0.566. The molecule has 0 saturated carbocycles. The Kier molecular flexibility index (Phi) is 10.9. The third-order valence-electron chi connectivity index (χ3n) is 4.34. The summed E-state index contributed by atoms with van der Waals surface area (Å²) in [4.78, 5) is 11.7. The van der Waals surface area contributed by atoms with Crippen molar-refractivity contribution in [3.63, 3.8) is 0 Å². The summed E-state index contributed by atoms with van der Waals surface area (Å²) in [6, 6.07) is 0. The van der Waals surface area contributed by atoms with Crippen molar-refractivity contribution in [2.45, 2.75) is 97.4 Å². The molecule has 4 nitrogen and oxygen atoms in total. The SMILES string of the molecule is CCCCCCCC[C+](C)/C=C/CCC(=O)OCC1COC(C)(C)O1. The number of ether oxygens (including phenoxy) is 3. The molecule has 0 aromatic carbocycles. The van der Waals surface area contributed by atoms with E-state index in [1.54, 1.807) is 0 Å². The van der Waals surface area contributed by atoms with Crippen molar-refractivity contribution in [3.05, 3.63) is 18.1 Å². The van der Waals surface area contributed by atoms with Crippen LogP contribution in [0.15, 0.2) is 12.2 Å². The van der Waals surface area contributed by atoms with Gasteiger partial charge in [-0.1, -0.05) is 39.0 Å². The number of hydrogen-bond acceptors (Lipinski definition) is 4. The zero-order valence-electron chi connectivity index (χ0n) is 16.6. The number of carbonyl (C=O) groups excluding carboxylic acids is 1. The number of unbranched alkanes of at least 4 members (excludes halogenated alkanes) is 5. The molecule has 144 valence electrons. The molecule has 1 atom stereocenters. The van der Waals surface area contributed by atoms with Crippen LogP contribution in [-0.2, 0) is 19.0 Å². The molecule has 0 aliphatic carbocycles. The summed E-state index contributed by atoms with van der Waals surface area (Å²) >= 11 is 0. The van der Waals surface area contributed by atoms with E-state index in [1.165, 1.54) is 44.4 Å². The van der Waals surface area contributed by atoms with Crippen molar-refractivity contribution in [2.24, 2.45) is 0 Å². The van der Waals surface area contributed by atoms with Gasteiger partial charge in [-0.3, -0.25) is 4.79 Å². The number of carbonyl (C=O) groups is 1. The Morgan fingerprint density at radius 1 is 1.24 bits per heavy atom. The van der Waals surface area contributed by atoms with Gasteiger partial charge in [0.25, 0.3) is 0 Å². The quantitative estimate of drug-likeness (QED) is 0.254. The third-order valence-corrected chi connectivity index (χ3v) is 4.34. The van der Waals surface area contributed by atoms with Gasteiger partial charge in [-0.15, -0.1) is 0 Å². The summed E-state index contributed by atoms with van der Waals surface area (Å²) in [6.45, 7) is 8.89. The van der Waals surface area contributed by atoms with Gasteiger partial charge in [-0.2, -0.15) is 0 Å². The minimum Gasteiger partial charge on any atom is -0.463 e. The highest BCUT2D eigenvalue weighted by Gasteiger charge is 2.33. The van der Waals surface area contributed by atoms with E-state index in [0.29, 0.717) is 13.0 Å². The van der Waals surface area contributed by atoms with Crippen molar-refractivity contribution < 1.29 is 19.0 Å². The zero-order valence-corrected chi connectivity index (χ0v) is 16.6. The molecule has 25 heavy (non-hydrogen) atoms. The van der Waals surface area contributed by atoms with E-state index in [-0.39, 0.29) is 18.7 Å². The Morgan fingerprint density at radius 3 is 2.64 bits per heavy atom. The molecule has 0 spiro atoms. The summed E-state index contributed by atoms with van der Waals surface area (Å²) in [5.41, 5.74) is 0. The lowest BCUT2D eigenvalue weighted by atomic mass is 10.0. The number of allylic oxidation sites excluding steroid dienone is 2. The first-order chi connectivity index (χ1) is 11.9. The van der Waals surface area contributed by atoms with E-state index in [1.807, 2.05) is 13.8 Å². The molecule has 4 heteroatoms. The van der Waals surface area contributed by atoms with Gasteiger partial charge in [0.2, 0.25) is 0 Å². The van der Waals surface area contributed by atoms with Crippen LogP contribution in [0.3, 0.4) is 0 Å². The summed E-state index contributed by atoms with van der Waals surface area (Å²) in [5.74, 6) is 0.650. The van der Waals surface area contributed by atoms with E-state index in [0.717, 1.165) is 12.8 Å². The van der Waals surface area contributed by atoms with Gasteiger partial charge >= 0.3 is 5.97 Å². The van der Waals surface area contributed by atoms with E-state index >= 15 is 0 Å². The molecule has 0 aromatic heterocycles. The van der Waals surface area contributed by atoms with Crippen LogP contribution in [0.25, 0.3) is 0 Å². The van der Waals surface area contributed by atoms with E-state index in [4.69, 9.17) is 14.2 Å². The van der Waals surface area contributed by atoms with Crippen LogP contribution in [0.5, 0.6) is 0 Å². The summed E-state index contributed by atoms with van der Waals surface area (Å²) in [6.07, 6.45) is 14.3. The highest BCUT2D eigenvalue weighted by molar-refractivity contribution is 5.69. The summed E-state index contributed by atoms with van der Waals surface area (Å²) < 4.78 is 16.3. The predicted octanol–water partition coefficient (Wildman–Crippen LogP) is 5.36. The second-order valence-electron chi connectivity index (χ2n) is 7.44. The van der Waals surface area contributed by atoms with Crippen LogP contribution >= 0.6 is 0 Å². The molecule has 0 radical (unpaired) electrons. The largest absolute Gasteiger partial charge is 0.463 e. The zero-order chi connectivity index (χ0) is 18.5. The van der Waals surface area contributed by atoms with E-state index < -0.39 is 5.79 Å². The second-order valence-corrected chi connectivity index (χ2v) is 7.44. The first-order valence-electron chi connectivity index (χ1n) is 9.89. The number of rotatable bonds is 13. The molecule has 1 saturated heterocycles. The first kappa shape index (κ1) is 22.0. The maximum Gasteiger partial charge on any atom is 0.308 e. The fraction of sp³-hybridized carbons (Fsp3) is 0.810. The average molecular weight is 354 g/mol. The van der Waals surface area contributed by atoms with Gasteiger partial charge in [0.15, 0.2) is 5.79 Å². The van der Waals surface area contributed by atoms with Crippen LogP contribution in [0.1, 0.15) is 85.5 Å². The van der Waals surface area contributed by atoms with Gasteiger partial charge in [-0.25, -0.2) is 0 Å². The molecule has 0 amide bonds. The highest BCUT2D eigenvalue weighted by Crippen LogP contribution is 2.22. The van der Waals surface area contributed by atoms with Crippen LogP contribution in [0, 0.1) is 5.92 Å². The van der Waals surface area contributed by atoms with Crippen LogP contribution in [0.2, 0.25) is 0 Å². The lowest BCUT2D eigenvalue weighted by Crippen LogP contribution is -2.25. The van der Waals surface area contributed by atoms with Crippen molar-refractivity contribution in [2.75, 3.05) is 13.2 Å². The topological polar surface area (TPSA) is 44.8 Å². The standard InChI is InChI=1S/C21H37O4/c1-5-6-7-8-9-10-13-18(2)14-11-12-15-20(22)23-16-19-17-24-21(3,4)25-19/h11,14,19H,5-10,12-13,15-17H2,1-4H3/q+1/b14-11+. The van der Waals surface area contributed by atoms with Gasteiger partial charge < -0.3 is 14.2 Å². The molecular weight excluding hydrogens is 316 g/mol. The van der Waals surface area contributed by atoms with E-state index in [9.17, 15) is 4.79 Å². The number of hydrogen-bond donors (Lipinski definition) is 0. The third kappa shape index (κ3) is 11.3. The Labute approximate surface area is 154 Å². The van der Waals surface area contributed by atoms with E-state index in [2.05, 4.69) is 26.0 Å². The van der Waals surface area contributed by atoms with Crippen LogP contribution in [0.4, 0.5) is 0 Å². The molecular formula is C21H37O4+. The van der Waals surface area contributed by atoms with Crippen LogP contribution < -0.4 is 0 Å². The first-order valence-corrected chi connectivity index (χ1v) is 9.89. The highest BCUT2D eigenvalue weighted by atomic mass is 16.7. The molecule has 0 bridgehead atoms. The summed E-state index contributed by atoms with van der Waals surface area (Å²) in [7, 11) is 0. The van der Waals surface area contributed by atoms with Gasteiger partial charge in [0, 0.05) is 25.8 Å². The monoisotopic (exact) mass is 353 g/mol. The fourth-order valence-corrected chi connectivity index (χ4v) is 2.86. The van der Waals surface area contributed by atoms with Crippen molar-refractivity contribution in [1.29, 1.82) is 0 Å². The Balaban J connectivity index is 1.99. The van der Waals surface area contributed by atoms with Gasteiger partial charge in [0.1, 0.15) is 12.7 Å². The second kappa shape index (κ2) is 12.4. The smallest absolute Gasteiger partial charge is 0.308 e. The lowest BCUT2D eigenvalue weighted by Gasteiger charge is -2.16. The fourth-order valence-electron chi connectivity index (χ4n) is 2.86. The maximum absolute atomic E-state index is 11.7. The number of esters is 1. The van der Waals surface area contributed by atoms with Gasteiger partial charge in [0.05, 0.1) is 25.0 Å². The molecule has 1 heterocycles. The summed E-state index contributed by atoms with van der Waals surface area (Å²) in [5, 5.41) is 0. The Morgan fingerprint density at radius 2 is 1.96 bits per heavy atom. The normalized spacial score (nSPS) is 19.4. The average Bonchev–Trinajstić information content (AvgIpc) is 2.92. The minimum absolute atomic E-state index is 0.151. The Hall–Kier alpha value is -1.00. The van der Waals surface area contributed by atoms with Crippen molar-refractivity contribution >= 4 is 5.97 Å². The molecule has 1 fully saturated rings. The van der Waals surface area contributed by atoms with Crippen LogP contribution in [-0.4, -0.2) is 31.1 Å². The maximum atomic E-state index is 11.7. The molecule has 1 aliphatic heterocycles. The molecule has 0 N–H and O–H groups in total. The molecule has 1 rings (SSSR count). The predicted molar refractivity (Wildman–Crippen MR) is 101 cm³/mol. The molecule has 1 unspecified atom stereocenters. The van der Waals surface area contributed by atoms with Gasteiger partial charge in [-0.05, 0) is 20.3 Å². The van der Waals surface area contributed by atoms with Crippen molar-refractivity contribution in [3.8, 4) is 0 Å². The lowest BCUT2D eigenvalue weighted by molar-refractivity contribution is -0.158.